The minimum atomic E-state index is -0.454. The van der Waals surface area contributed by atoms with Crippen LogP contribution in [0.15, 0.2) is 0 Å². The van der Waals surface area contributed by atoms with Gasteiger partial charge in [0.1, 0.15) is 36.6 Å². The molecule has 6 unspecified atom stereocenters. The Hall–Kier alpha value is 8.43. The first-order chi connectivity index (χ1) is 19.6. The molecule has 0 N–H and O–H groups in total. The smallest absolute Gasteiger partial charge is 0.110 e. The summed E-state index contributed by atoms with van der Waals surface area (Å²) in [6.45, 7) is 34.5. The molecule has 0 aromatic heterocycles. The van der Waals surface area contributed by atoms with Crippen LogP contribution in [0.25, 0.3) is 0 Å². The fourth-order valence-corrected chi connectivity index (χ4v) is 3.94. The molecular weight excluding hydrogens is 1520 g/mol. The van der Waals surface area contributed by atoms with Gasteiger partial charge in [0, 0.05) is 275 Å². The van der Waals surface area contributed by atoms with Gasteiger partial charge in [-0.05, 0) is 12.8 Å². The third-order valence-electron chi connectivity index (χ3n) is 5.66. The molecule has 0 rings (SSSR count). The minimum Gasteiger partial charge on any atom is -0.411 e. The largest absolute Gasteiger partial charge is 0.411 e. The van der Waals surface area contributed by atoms with Gasteiger partial charge in [-0.1, -0.05) is 172 Å². The van der Waals surface area contributed by atoms with Crippen molar-refractivity contribution in [3.63, 3.8) is 0 Å². The van der Waals surface area contributed by atoms with E-state index in [1.165, 1.54) is 0 Å². The van der Waals surface area contributed by atoms with Crippen LogP contribution in [0.2, 0.25) is 0 Å². The van der Waals surface area contributed by atoms with E-state index in [0.717, 1.165) is 12.8 Å². The van der Waals surface area contributed by atoms with Crippen molar-refractivity contribution in [1.82, 2.24) is 0 Å². The van der Waals surface area contributed by atoms with E-state index in [2.05, 4.69) is 55.4 Å². The maximum Gasteiger partial charge on any atom is 0.110 e. The summed E-state index contributed by atoms with van der Waals surface area (Å²) in [5.41, 5.74) is 0. The van der Waals surface area contributed by atoms with Crippen LogP contribution in [0.5, 0.6) is 0 Å². The summed E-state index contributed by atoms with van der Waals surface area (Å²) in [6, 6.07) is 0. The molecule has 18 heteroatoms. The molecule has 0 aliphatic carbocycles. The average molecular weight is 1660 g/mol. The number of rotatable bonds is 31. The fraction of sp³-hybridized carbons (Fsp3) is 0.704. The summed E-state index contributed by atoms with van der Waals surface area (Å²) in [5, 5.41) is 0. The topological polar surface area (TPSA) is 92.3 Å². The van der Waals surface area contributed by atoms with Crippen LogP contribution >= 0.6 is 0 Å². The molecule has 6 atom stereocenters. The number of hydrogen-bond donors (Lipinski definition) is 0. The van der Waals surface area contributed by atoms with Crippen LogP contribution < -0.4 is 0 Å². The molecule has 0 heterocycles. The summed E-state index contributed by atoms with van der Waals surface area (Å²) < 4.78 is 57.5. The Morgan fingerprint density at radius 3 is 0.514 bits per heavy atom. The first-order valence-corrected chi connectivity index (χ1v) is 13.9. The van der Waals surface area contributed by atoms with E-state index >= 15 is 0 Å². The molecule has 0 saturated carbocycles. The SMILES string of the molecule is C.C.C.C.C.C.C.C.C.C.C.C.C.C.C.C.[CH2-]COCC(OC[CH2-])C(OC[CH2-])C(COCCCCOCC(OC[CH2-])C(OC[CH2-])C(COC[CH2-])OC[CH2-])OC[CH2-].[CH3-].[CH3-].[CH3-].[CH3-].[CH3-].[CH3-].[CH3-].[CH3-].[Y].[Y].[Y].[Y].[Y].[Y].[Y].[Y]. The Balaban J connectivity index is -0.0000000153. The van der Waals surface area contributed by atoms with Crippen LogP contribution in [0.3, 0.4) is 0 Å². The Morgan fingerprint density at radius 1 is 0.222 bits per heavy atom. The van der Waals surface area contributed by atoms with Gasteiger partial charge in [-0.3, -0.25) is 0 Å². The zero-order valence-electron chi connectivity index (χ0n) is 37.1. The monoisotopic (exact) mass is 1660 g/mol. The Kier molecular flexibility index (Phi) is 557. The van der Waals surface area contributed by atoms with Gasteiger partial charge < -0.3 is 162 Å². The van der Waals surface area contributed by atoms with Crippen LogP contribution in [0, 0.1) is 115 Å². The summed E-state index contributed by atoms with van der Waals surface area (Å²) in [7, 11) is 0. The molecule has 8 radical (unpaired) electrons. The number of unbranched alkanes of at least 4 members (excludes halogenated alkanes) is 1. The summed E-state index contributed by atoms with van der Waals surface area (Å²) in [6.07, 6.45) is -0.962. The predicted molar refractivity (Wildman–Crippen MR) is 313 cm³/mol. The van der Waals surface area contributed by atoms with E-state index in [-0.39, 0.29) is 480 Å². The van der Waals surface area contributed by atoms with Crippen molar-refractivity contribution in [2.75, 3.05) is 92.5 Å². The van der Waals surface area contributed by atoms with E-state index < -0.39 is 36.6 Å². The number of ether oxygens (including phenoxy) is 10. The van der Waals surface area contributed by atoms with Crippen molar-refractivity contribution in [3.8, 4) is 0 Å². The van der Waals surface area contributed by atoms with E-state index in [4.69, 9.17) is 47.4 Å². The molecule has 0 spiro atoms. The van der Waals surface area contributed by atoms with Gasteiger partial charge in [0.15, 0.2) is 0 Å². The standard InChI is InChI=1S/C30H54O10.16CH4.8CH3.8Y/c1-9-31-21-25(35-11-3)29(39-15-7)27(37-13-5)23-33-19-17-18-20-34-24-28(38-14-6)30(40-16-8)26(36-12-4)22-32-10-2;;;;;;;;;;;;;;;;;;;;;;;;;;;;;;;;/h25-30H,1-24H2;16*1H4;8*1H3;;;;;;;;/q-8;;;;;;;;;;;;;;;;;8*-1;;;;;;;;. The van der Waals surface area contributed by atoms with Crippen LogP contribution in [-0.4, -0.2) is 129 Å². The molecule has 0 fully saturated rings. The van der Waals surface area contributed by atoms with E-state index in [0.29, 0.717) is 52.9 Å². The van der Waals surface area contributed by atoms with Crippen molar-refractivity contribution in [3.05, 3.63) is 115 Å². The Bertz CT molecular complexity index is 513. The van der Waals surface area contributed by atoms with Gasteiger partial charge in [-0.15, -0.1) is 0 Å². The second-order valence-corrected chi connectivity index (χ2v) is 8.31. The first-order valence-electron chi connectivity index (χ1n) is 13.9. The molecule has 10 nitrogen and oxygen atoms in total. The van der Waals surface area contributed by atoms with Crippen molar-refractivity contribution < 1.29 is 309 Å². The zero-order valence-corrected chi connectivity index (χ0v) is 59.8. The third kappa shape index (κ3) is 125. The van der Waals surface area contributed by atoms with E-state index in [1.807, 2.05) is 0 Å². The molecule has 72 heavy (non-hydrogen) atoms. The molecule has 0 aliphatic heterocycles. The first kappa shape index (κ1) is 226. The molecule has 458 valence electrons. The normalized spacial score (nSPS) is 9.17. The Labute approximate surface area is 672 Å². The average Bonchev–Trinajstić information content (AvgIpc) is 2.95. The van der Waals surface area contributed by atoms with Gasteiger partial charge in [0.05, 0.1) is 26.4 Å². The molecule has 0 aliphatic rings. The molecule has 0 bridgehead atoms. The number of hydrogen-bond acceptors (Lipinski definition) is 10. The third-order valence-corrected chi connectivity index (χ3v) is 5.66. The molecule has 0 aromatic carbocycles. The summed E-state index contributed by atoms with van der Waals surface area (Å²) >= 11 is 0. The quantitative estimate of drug-likeness (QED) is 0.0494. The van der Waals surface area contributed by atoms with Crippen LogP contribution in [-0.2, 0) is 309 Å². The van der Waals surface area contributed by atoms with Gasteiger partial charge in [0.2, 0.25) is 0 Å². The van der Waals surface area contributed by atoms with Gasteiger partial charge in [-0.2, -0.15) is 0 Å². The minimum absolute atomic E-state index is 0. The molecule has 0 aromatic rings. The summed E-state index contributed by atoms with van der Waals surface area (Å²) in [5.74, 6) is 0. The van der Waals surface area contributed by atoms with E-state index in [1.54, 1.807) is 0 Å². The second kappa shape index (κ2) is 178. The van der Waals surface area contributed by atoms with E-state index in [9.17, 15) is 0 Å². The summed E-state index contributed by atoms with van der Waals surface area (Å²) in [4.78, 5) is 0. The van der Waals surface area contributed by atoms with Gasteiger partial charge in [0.25, 0.3) is 0 Å². The molecular formula is C54H142O10Y8-16. The van der Waals surface area contributed by atoms with Crippen molar-refractivity contribution >= 4 is 0 Å². The van der Waals surface area contributed by atoms with Crippen molar-refractivity contribution in [2.24, 2.45) is 0 Å². The van der Waals surface area contributed by atoms with Gasteiger partial charge in [-0.25, -0.2) is 0 Å². The van der Waals surface area contributed by atoms with Crippen LogP contribution in [0.1, 0.15) is 132 Å². The maximum atomic E-state index is 5.91. The molecule has 0 amide bonds. The second-order valence-electron chi connectivity index (χ2n) is 8.31. The maximum absolute atomic E-state index is 5.91. The Morgan fingerprint density at radius 2 is 0.375 bits per heavy atom. The van der Waals surface area contributed by atoms with Crippen LogP contribution in [0.4, 0.5) is 0 Å². The fourth-order valence-electron chi connectivity index (χ4n) is 3.94. The van der Waals surface area contributed by atoms with Crippen molar-refractivity contribution in [1.29, 1.82) is 0 Å². The zero-order chi connectivity index (χ0) is 29.8. The predicted octanol–water partition coefficient (Wildman–Crippen LogP) is 16.6. The van der Waals surface area contributed by atoms with Gasteiger partial charge >= 0.3 is 0 Å². The molecule has 0 saturated heterocycles. The van der Waals surface area contributed by atoms with Crippen molar-refractivity contribution in [2.45, 2.75) is 168 Å².